The van der Waals surface area contributed by atoms with E-state index in [4.69, 9.17) is 4.74 Å². The van der Waals surface area contributed by atoms with Gasteiger partial charge in [-0.25, -0.2) is 4.79 Å². The third-order valence-corrected chi connectivity index (χ3v) is 3.29. The first kappa shape index (κ1) is 19.6. The number of likely N-dealkylation sites (N-methyl/N-ethyl adjacent to an activating group) is 1. The van der Waals surface area contributed by atoms with Gasteiger partial charge in [-0.05, 0) is 32.9 Å². The minimum Gasteiger partial charge on any atom is -0.461 e. The molecule has 122 valence electrons. The predicted molar refractivity (Wildman–Crippen MR) is 85.0 cm³/mol. The van der Waals surface area contributed by atoms with E-state index in [1.807, 2.05) is 0 Å². The molecule has 1 heterocycles. The Bertz CT molecular complexity index is 315. The summed E-state index contributed by atoms with van der Waals surface area (Å²) in [7, 11) is 0. The number of nitrogens with one attached hydrogen (secondary N) is 1. The third kappa shape index (κ3) is 11.0. The topological polar surface area (TPSA) is 58.6 Å². The molecule has 0 saturated carbocycles. The number of nitrogens with zero attached hydrogens (tertiary/aromatic N) is 1. The number of hydrogen-bond acceptors (Lipinski definition) is 4. The molecule has 1 aliphatic rings. The molecule has 1 aliphatic heterocycles. The number of hydrogen-bond donors (Lipinski definition) is 1. The van der Waals surface area contributed by atoms with Crippen molar-refractivity contribution in [2.75, 3.05) is 32.8 Å². The molecule has 5 nitrogen and oxygen atoms in total. The SMILES string of the molecule is C=C(C)C(=O)OCCN(CC)CC.O=C1CCCCCN1. The molecule has 0 aromatic heterocycles. The van der Waals surface area contributed by atoms with Gasteiger partial charge in [-0.2, -0.15) is 0 Å². The summed E-state index contributed by atoms with van der Waals surface area (Å²) in [5.74, 6) is -0.0744. The highest BCUT2D eigenvalue weighted by atomic mass is 16.5. The molecule has 0 aliphatic carbocycles. The molecule has 0 spiro atoms. The Labute approximate surface area is 128 Å². The Balaban J connectivity index is 0.000000423. The average Bonchev–Trinajstić information content (AvgIpc) is 2.71. The summed E-state index contributed by atoms with van der Waals surface area (Å²) in [5, 5.41) is 2.81. The van der Waals surface area contributed by atoms with Crippen LogP contribution in [-0.2, 0) is 14.3 Å². The van der Waals surface area contributed by atoms with Crippen LogP contribution < -0.4 is 5.32 Å². The van der Waals surface area contributed by atoms with E-state index in [1.54, 1.807) is 6.92 Å². The summed E-state index contributed by atoms with van der Waals surface area (Å²) in [6.45, 7) is 13.4. The van der Waals surface area contributed by atoms with E-state index < -0.39 is 0 Å². The normalized spacial score (nSPS) is 14.6. The molecule has 0 aromatic rings. The molecule has 0 unspecified atom stereocenters. The maximum absolute atomic E-state index is 11.0. The van der Waals surface area contributed by atoms with Gasteiger partial charge in [0.05, 0.1) is 0 Å². The number of carbonyl (C=O) groups is 2. The number of rotatable bonds is 6. The second-order valence-corrected chi connectivity index (χ2v) is 5.10. The average molecular weight is 298 g/mol. The van der Waals surface area contributed by atoms with Gasteiger partial charge in [-0.1, -0.05) is 26.8 Å². The van der Waals surface area contributed by atoms with Gasteiger partial charge in [0.1, 0.15) is 6.61 Å². The van der Waals surface area contributed by atoms with Crippen LogP contribution in [0.25, 0.3) is 0 Å². The van der Waals surface area contributed by atoms with Crippen molar-refractivity contribution in [1.29, 1.82) is 0 Å². The molecule has 5 heteroatoms. The van der Waals surface area contributed by atoms with Gasteiger partial charge in [-0.3, -0.25) is 4.79 Å². The first-order valence-corrected chi connectivity index (χ1v) is 7.82. The quantitative estimate of drug-likeness (QED) is 0.603. The number of esters is 1. The molecule has 0 aromatic carbocycles. The van der Waals surface area contributed by atoms with Crippen LogP contribution in [0.2, 0.25) is 0 Å². The van der Waals surface area contributed by atoms with E-state index in [0.717, 1.165) is 45.4 Å². The fourth-order valence-corrected chi connectivity index (χ4v) is 1.83. The van der Waals surface area contributed by atoms with Gasteiger partial charge >= 0.3 is 5.97 Å². The number of carbonyl (C=O) groups excluding carboxylic acids is 2. The van der Waals surface area contributed by atoms with Crippen molar-refractivity contribution in [1.82, 2.24) is 10.2 Å². The van der Waals surface area contributed by atoms with Crippen molar-refractivity contribution in [2.24, 2.45) is 0 Å². The molecule has 1 amide bonds. The fourth-order valence-electron chi connectivity index (χ4n) is 1.83. The van der Waals surface area contributed by atoms with Crippen LogP contribution in [-0.4, -0.2) is 49.6 Å². The summed E-state index contributed by atoms with van der Waals surface area (Å²) in [6, 6.07) is 0. The van der Waals surface area contributed by atoms with Crippen LogP contribution in [0.15, 0.2) is 12.2 Å². The molecule has 1 saturated heterocycles. The van der Waals surface area contributed by atoms with Gasteiger partial charge in [0.15, 0.2) is 0 Å². The van der Waals surface area contributed by atoms with Crippen molar-refractivity contribution in [3.05, 3.63) is 12.2 Å². The van der Waals surface area contributed by atoms with Crippen molar-refractivity contribution < 1.29 is 14.3 Å². The molecule has 1 N–H and O–H groups in total. The van der Waals surface area contributed by atoms with Gasteiger partial charge in [0, 0.05) is 25.1 Å². The Morgan fingerprint density at radius 3 is 2.52 bits per heavy atom. The van der Waals surface area contributed by atoms with Crippen molar-refractivity contribution in [3.8, 4) is 0 Å². The lowest BCUT2D eigenvalue weighted by Gasteiger charge is -2.17. The second-order valence-electron chi connectivity index (χ2n) is 5.10. The smallest absolute Gasteiger partial charge is 0.333 e. The molecule has 0 atom stereocenters. The minimum atomic E-state index is -0.299. The zero-order valence-electron chi connectivity index (χ0n) is 13.7. The Kier molecular flexibility index (Phi) is 11.6. The van der Waals surface area contributed by atoms with Gasteiger partial charge < -0.3 is 15.0 Å². The van der Waals surface area contributed by atoms with Gasteiger partial charge in [0.2, 0.25) is 5.91 Å². The zero-order chi connectivity index (χ0) is 16.1. The van der Waals surface area contributed by atoms with E-state index in [9.17, 15) is 9.59 Å². The highest BCUT2D eigenvalue weighted by molar-refractivity contribution is 5.86. The fraction of sp³-hybridized carbons (Fsp3) is 0.750. The molecular formula is C16H30N2O3. The summed E-state index contributed by atoms with van der Waals surface area (Å²) < 4.78 is 4.96. The standard InChI is InChI=1S/C10H19NO2.C6H11NO/c1-5-11(6-2)7-8-13-10(12)9(3)4;8-6-4-2-1-3-5-7-6/h3,5-8H2,1-2,4H3;1-5H2,(H,7,8). The lowest BCUT2D eigenvalue weighted by molar-refractivity contribution is -0.139. The van der Waals surface area contributed by atoms with E-state index >= 15 is 0 Å². The molecule has 1 fully saturated rings. The Hall–Kier alpha value is -1.36. The molecule has 1 rings (SSSR count). The zero-order valence-corrected chi connectivity index (χ0v) is 13.7. The van der Waals surface area contributed by atoms with Gasteiger partial charge in [-0.15, -0.1) is 0 Å². The maximum Gasteiger partial charge on any atom is 0.333 e. The molecule has 0 bridgehead atoms. The summed E-state index contributed by atoms with van der Waals surface area (Å²) >= 11 is 0. The van der Waals surface area contributed by atoms with E-state index in [0.29, 0.717) is 12.2 Å². The van der Waals surface area contributed by atoms with Crippen molar-refractivity contribution >= 4 is 11.9 Å². The summed E-state index contributed by atoms with van der Waals surface area (Å²) in [4.78, 5) is 23.7. The highest BCUT2D eigenvalue weighted by Crippen LogP contribution is 2.02. The van der Waals surface area contributed by atoms with Crippen molar-refractivity contribution in [3.63, 3.8) is 0 Å². The lowest BCUT2D eigenvalue weighted by atomic mass is 10.2. The summed E-state index contributed by atoms with van der Waals surface area (Å²) in [6.07, 6.45) is 4.18. The van der Waals surface area contributed by atoms with Crippen LogP contribution in [0.1, 0.15) is 46.5 Å². The van der Waals surface area contributed by atoms with E-state index in [1.165, 1.54) is 6.42 Å². The van der Waals surface area contributed by atoms with E-state index in [2.05, 4.69) is 30.6 Å². The molecule has 0 radical (unpaired) electrons. The van der Waals surface area contributed by atoms with Crippen LogP contribution in [0.3, 0.4) is 0 Å². The highest BCUT2D eigenvalue weighted by Gasteiger charge is 2.04. The lowest BCUT2D eigenvalue weighted by Crippen LogP contribution is -2.27. The number of ether oxygens (including phenoxy) is 1. The maximum atomic E-state index is 11.0. The predicted octanol–water partition coefficient (Wildman–Crippen LogP) is 2.12. The van der Waals surface area contributed by atoms with Crippen LogP contribution in [0, 0.1) is 0 Å². The number of amides is 1. The van der Waals surface area contributed by atoms with Crippen LogP contribution in [0.5, 0.6) is 0 Å². The molecular weight excluding hydrogens is 268 g/mol. The Morgan fingerprint density at radius 1 is 1.29 bits per heavy atom. The first-order valence-electron chi connectivity index (χ1n) is 7.82. The Morgan fingerprint density at radius 2 is 1.95 bits per heavy atom. The van der Waals surface area contributed by atoms with Crippen molar-refractivity contribution in [2.45, 2.75) is 46.5 Å². The van der Waals surface area contributed by atoms with E-state index in [-0.39, 0.29) is 11.9 Å². The van der Waals surface area contributed by atoms with Crippen LogP contribution in [0.4, 0.5) is 0 Å². The first-order chi connectivity index (χ1) is 10.0. The minimum absolute atomic E-state index is 0.225. The van der Waals surface area contributed by atoms with Gasteiger partial charge in [0.25, 0.3) is 0 Å². The van der Waals surface area contributed by atoms with Crippen LogP contribution >= 0.6 is 0 Å². The summed E-state index contributed by atoms with van der Waals surface area (Å²) in [5.41, 5.74) is 0.458. The third-order valence-electron chi connectivity index (χ3n) is 3.29. The molecule has 21 heavy (non-hydrogen) atoms. The largest absolute Gasteiger partial charge is 0.461 e. The monoisotopic (exact) mass is 298 g/mol. The second kappa shape index (κ2) is 12.4.